The Morgan fingerprint density at radius 2 is 1.49 bits per heavy atom. The van der Waals surface area contributed by atoms with E-state index in [1.54, 1.807) is 27.0 Å². The molecule has 39 heavy (non-hydrogen) atoms. The Balaban J connectivity index is 1.68. The zero-order chi connectivity index (χ0) is 29.1. The molecule has 0 aliphatic carbocycles. The molecule has 1 heterocycles. The highest BCUT2D eigenvalue weighted by molar-refractivity contribution is 5.88. The zero-order valence-electron chi connectivity index (χ0n) is 21.4. The van der Waals surface area contributed by atoms with Gasteiger partial charge in [-0.15, -0.1) is 0 Å². The summed E-state index contributed by atoms with van der Waals surface area (Å²) in [5.74, 6) is -13.0. The number of esters is 2. The molecule has 3 N–H and O–H groups in total. The second kappa shape index (κ2) is 11.7. The van der Waals surface area contributed by atoms with E-state index in [4.69, 9.17) is 4.74 Å². The summed E-state index contributed by atoms with van der Waals surface area (Å²) in [6.07, 6.45) is 1.71. The number of rotatable bonds is 8. The van der Waals surface area contributed by atoms with Crippen molar-refractivity contribution in [3.63, 3.8) is 0 Å². The molecule has 0 aliphatic heterocycles. The first kappa shape index (κ1) is 29.4. The van der Waals surface area contributed by atoms with Gasteiger partial charge < -0.3 is 25.1 Å². The van der Waals surface area contributed by atoms with Gasteiger partial charge in [-0.2, -0.15) is 0 Å². The fraction of sp³-hybridized carbons (Fsp3) is 0.346. The number of H-pyrrole nitrogens is 1. The predicted molar refractivity (Wildman–Crippen MR) is 129 cm³/mol. The Morgan fingerprint density at radius 3 is 2.10 bits per heavy atom. The maximum atomic E-state index is 13.8. The molecule has 8 nitrogen and oxygen atoms in total. The van der Waals surface area contributed by atoms with E-state index in [-0.39, 0.29) is 6.42 Å². The smallest absolute Gasteiger partial charge is 0.329 e. The molecular formula is C26H26F5N3O5. The number of urea groups is 1. The molecule has 3 aromatic rings. The SMILES string of the molecule is C[C@H](NC(=O)N[C@@H](Cc1c[nH]c2ccccc12)C(=O)OC(C)(C)C)C(=O)OCc1c(F)c(F)c(F)c(F)c1F. The molecule has 2 amide bonds. The van der Waals surface area contributed by atoms with E-state index in [0.717, 1.165) is 17.8 Å². The van der Waals surface area contributed by atoms with Crippen LogP contribution in [0.4, 0.5) is 26.7 Å². The molecule has 3 rings (SSSR count). The number of nitrogens with one attached hydrogen (secondary N) is 3. The fourth-order valence-electron chi connectivity index (χ4n) is 3.59. The Morgan fingerprint density at radius 1 is 0.897 bits per heavy atom. The molecule has 0 saturated carbocycles. The normalized spacial score (nSPS) is 13.1. The molecule has 0 fully saturated rings. The van der Waals surface area contributed by atoms with Crippen LogP contribution in [-0.4, -0.2) is 40.6 Å². The lowest BCUT2D eigenvalue weighted by Crippen LogP contribution is -2.52. The van der Waals surface area contributed by atoms with Gasteiger partial charge in [0, 0.05) is 23.5 Å². The van der Waals surface area contributed by atoms with Gasteiger partial charge in [0.05, 0.1) is 5.56 Å². The van der Waals surface area contributed by atoms with Crippen LogP contribution in [-0.2, 0) is 32.1 Å². The minimum absolute atomic E-state index is 0.0332. The summed E-state index contributed by atoms with van der Waals surface area (Å²) in [7, 11) is 0. The number of para-hydroxylation sites is 1. The summed E-state index contributed by atoms with van der Waals surface area (Å²) in [5, 5.41) is 5.46. The van der Waals surface area contributed by atoms with Gasteiger partial charge in [-0.1, -0.05) is 18.2 Å². The number of hydrogen-bond donors (Lipinski definition) is 3. The number of hydrogen-bond acceptors (Lipinski definition) is 5. The van der Waals surface area contributed by atoms with Gasteiger partial charge in [-0.05, 0) is 39.3 Å². The van der Waals surface area contributed by atoms with Gasteiger partial charge in [-0.25, -0.2) is 36.3 Å². The first-order valence-corrected chi connectivity index (χ1v) is 11.7. The molecule has 0 radical (unpaired) electrons. The van der Waals surface area contributed by atoms with Crippen LogP contribution in [0, 0.1) is 29.1 Å². The second-order valence-electron chi connectivity index (χ2n) is 9.65. The summed E-state index contributed by atoms with van der Waals surface area (Å²) in [4.78, 5) is 40.8. The molecule has 2 atom stereocenters. The van der Waals surface area contributed by atoms with E-state index in [1.165, 1.54) is 0 Å². The minimum Gasteiger partial charge on any atom is -0.459 e. The topological polar surface area (TPSA) is 110 Å². The van der Waals surface area contributed by atoms with Crippen molar-refractivity contribution >= 4 is 28.9 Å². The third-order valence-corrected chi connectivity index (χ3v) is 5.46. The summed E-state index contributed by atoms with van der Waals surface area (Å²) < 4.78 is 77.6. The van der Waals surface area contributed by atoms with Crippen LogP contribution in [0.15, 0.2) is 30.5 Å². The van der Waals surface area contributed by atoms with E-state index >= 15 is 0 Å². The summed E-state index contributed by atoms with van der Waals surface area (Å²) in [5.41, 5.74) is -0.698. The standard InChI is InChI=1S/C26H26F5N3O5/c1-12(23(35)38-11-15-18(27)20(29)22(31)21(30)19(15)28)33-25(37)34-17(24(36)39-26(2,3)4)9-13-10-32-16-8-6-5-7-14(13)16/h5-8,10,12,17,32H,9,11H2,1-4H3,(H2,33,34,37)/t12-,17-/m0/s1. The average molecular weight is 556 g/mol. The molecule has 0 saturated heterocycles. The fourth-order valence-corrected chi connectivity index (χ4v) is 3.59. The van der Waals surface area contributed by atoms with Gasteiger partial charge in [0.2, 0.25) is 5.82 Å². The number of aromatic amines is 1. The van der Waals surface area contributed by atoms with Crippen molar-refractivity contribution in [2.45, 2.75) is 58.4 Å². The van der Waals surface area contributed by atoms with Crippen molar-refractivity contribution in [3.05, 3.63) is 70.7 Å². The van der Waals surface area contributed by atoms with Gasteiger partial charge in [-0.3, -0.25) is 0 Å². The number of benzene rings is 2. The largest absolute Gasteiger partial charge is 0.459 e. The highest BCUT2D eigenvalue weighted by atomic mass is 19.2. The van der Waals surface area contributed by atoms with E-state index in [9.17, 15) is 36.3 Å². The zero-order valence-corrected chi connectivity index (χ0v) is 21.4. The maximum Gasteiger partial charge on any atom is 0.329 e. The number of carbonyl (C=O) groups excluding carboxylic acids is 3. The molecule has 0 spiro atoms. The van der Waals surface area contributed by atoms with Crippen LogP contribution < -0.4 is 10.6 Å². The van der Waals surface area contributed by atoms with Gasteiger partial charge in [0.15, 0.2) is 23.3 Å². The lowest BCUT2D eigenvalue weighted by Gasteiger charge is -2.25. The third kappa shape index (κ3) is 7.03. The molecular weight excluding hydrogens is 529 g/mol. The third-order valence-electron chi connectivity index (χ3n) is 5.46. The first-order chi connectivity index (χ1) is 18.2. The van der Waals surface area contributed by atoms with E-state index < -0.39 is 76.9 Å². The molecule has 2 aromatic carbocycles. The number of amides is 2. The molecule has 1 aromatic heterocycles. The van der Waals surface area contributed by atoms with Gasteiger partial charge >= 0.3 is 18.0 Å². The van der Waals surface area contributed by atoms with Crippen molar-refractivity contribution in [1.82, 2.24) is 15.6 Å². The van der Waals surface area contributed by atoms with E-state index in [1.807, 2.05) is 24.3 Å². The predicted octanol–water partition coefficient (Wildman–Crippen LogP) is 4.55. The lowest BCUT2D eigenvalue weighted by atomic mass is 10.0. The highest BCUT2D eigenvalue weighted by Crippen LogP contribution is 2.24. The van der Waals surface area contributed by atoms with Crippen molar-refractivity contribution < 1.29 is 45.8 Å². The summed E-state index contributed by atoms with van der Waals surface area (Å²) in [6.45, 7) is 4.82. The van der Waals surface area contributed by atoms with Crippen molar-refractivity contribution in [2.75, 3.05) is 0 Å². The van der Waals surface area contributed by atoms with Crippen LogP contribution in [0.5, 0.6) is 0 Å². The number of fused-ring (bicyclic) bond motifs is 1. The lowest BCUT2D eigenvalue weighted by molar-refractivity contribution is -0.157. The maximum absolute atomic E-state index is 13.8. The number of ether oxygens (including phenoxy) is 2. The van der Waals surface area contributed by atoms with Crippen LogP contribution in [0.1, 0.15) is 38.8 Å². The Bertz CT molecular complexity index is 1370. The van der Waals surface area contributed by atoms with E-state index in [0.29, 0.717) is 5.56 Å². The number of carbonyl (C=O) groups is 3. The Hall–Kier alpha value is -4.16. The molecule has 210 valence electrons. The van der Waals surface area contributed by atoms with Gasteiger partial charge in [0.1, 0.15) is 24.3 Å². The Kier molecular flexibility index (Phi) is 8.82. The molecule has 13 heteroatoms. The van der Waals surface area contributed by atoms with E-state index in [2.05, 4.69) is 20.4 Å². The summed E-state index contributed by atoms with van der Waals surface area (Å²) >= 11 is 0. The van der Waals surface area contributed by atoms with Crippen molar-refractivity contribution in [3.8, 4) is 0 Å². The highest BCUT2D eigenvalue weighted by Gasteiger charge is 2.30. The van der Waals surface area contributed by atoms with Crippen molar-refractivity contribution in [1.29, 1.82) is 0 Å². The second-order valence-corrected chi connectivity index (χ2v) is 9.65. The van der Waals surface area contributed by atoms with Gasteiger partial charge in [0.25, 0.3) is 0 Å². The van der Waals surface area contributed by atoms with Crippen LogP contribution in [0.25, 0.3) is 10.9 Å². The summed E-state index contributed by atoms with van der Waals surface area (Å²) in [6, 6.07) is 3.70. The molecule has 0 unspecified atom stereocenters. The van der Waals surface area contributed by atoms with Crippen LogP contribution in [0.2, 0.25) is 0 Å². The number of aromatic nitrogens is 1. The van der Waals surface area contributed by atoms with Crippen LogP contribution in [0.3, 0.4) is 0 Å². The number of halogens is 5. The molecule has 0 aliphatic rings. The van der Waals surface area contributed by atoms with Crippen LogP contribution >= 0.6 is 0 Å². The monoisotopic (exact) mass is 555 g/mol. The molecule has 0 bridgehead atoms. The first-order valence-electron chi connectivity index (χ1n) is 11.7. The van der Waals surface area contributed by atoms with Crippen molar-refractivity contribution in [2.24, 2.45) is 0 Å². The average Bonchev–Trinajstić information content (AvgIpc) is 3.27. The Labute approximate surface area is 219 Å². The minimum atomic E-state index is -2.35. The quantitative estimate of drug-likeness (QED) is 0.164.